The summed E-state index contributed by atoms with van der Waals surface area (Å²) in [6.07, 6.45) is -21.0. The van der Waals surface area contributed by atoms with Crippen molar-refractivity contribution in [1.82, 2.24) is 9.80 Å². The Bertz CT molecular complexity index is 1780. The molecule has 4 aromatic carbocycles. The van der Waals surface area contributed by atoms with E-state index in [9.17, 15) is 52.7 Å². The van der Waals surface area contributed by atoms with Crippen LogP contribution in [0, 0.1) is 0 Å². The van der Waals surface area contributed by atoms with Crippen molar-refractivity contribution in [1.29, 1.82) is 0 Å². The summed E-state index contributed by atoms with van der Waals surface area (Å²) in [6.45, 7) is 1.00. The lowest BCUT2D eigenvalue weighted by molar-refractivity contribution is -0.218. The average molecular weight is 865 g/mol. The molecule has 0 spiro atoms. The number of benzene rings is 4. The van der Waals surface area contributed by atoms with Crippen LogP contribution in [0.1, 0.15) is 69.4 Å². The van der Waals surface area contributed by atoms with Crippen molar-refractivity contribution in [3.63, 3.8) is 0 Å². The molecule has 4 aromatic rings. The average Bonchev–Trinajstić information content (AvgIpc) is 3.20. The van der Waals surface area contributed by atoms with Gasteiger partial charge in [-0.05, 0) is 84.6 Å². The van der Waals surface area contributed by atoms with Gasteiger partial charge in [0.25, 0.3) is 0 Å². The van der Waals surface area contributed by atoms with Gasteiger partial charge in [-0.2, -0.15) is 52.7 Å². The van der Waals surface area contributed by atoms with Crippen LogP contribution in [-0.4, -0.2) is 61.8 Å². The van der Waals surface area contributed by atoms with Gasteiger partial charge in [0.1, 0.15) is 0 Å². The summed E-state index contributed by atoms with van der Waals surface area (Å²) < 4.78 is 186. The maximum absolute atomic E-state index is 13.5. The summed E-state index contributed by atoms with van der Waals surface area (Å²) in [7, 11) is 0. The summed E-state index contributed by atoms with van der Waals surface area (Å²) in [4.78, 5) is 4.14. The zero-order chi connectivity index (χ0) is 43.3. The number of unbranched alkanes of at least 4 members (excludes halogenated alkanes) is 1. The molecule has 0 unspecified atom stereocenters. The van der Waals surface area contributed by atoms with Crippen LogP contribution in [0.3, 0.4) is 0 Å². The minimum absolute atomic E-state index is 0.0536. The number of hydrogen-bond acceptors (Lipinski definition) is 6. The van der Waals surface area contributed by atoms with E-state index >= 15 is 0 Å². The van der Waals surface area contributed by atoms with Gasteiger partial charge in [0, 0.05) is 13.1 Å². The van der Waals surface area contributed by atoms with E-state index in [-0.39, 0.29) is 36.5 Å². The zero-order valence-corrected chi connectivity index (χ0v) is 31.7. The van der Waals surface area contributed by atoms with E-state index < -0.39 is 84.8 Å². The number of rotatable bonds is 13. The minimum Gasteiger partial charge on any atom is -0.349 e. The predicted octanol–water partition coefficient (Wildman–Crippen LogP) is 11.1. The Morgan fingerprint density at radius 1 is 0.467 bits per heavy atom. The third-order valence-electron chi connectivity index (χ3n) is 10.2. The first-order valence-electron chi connectivity index (χ1n) is 18.9. The van der Waals surface area contributed by atoms with Crippen molar-refractivity contribution in [3.05, 3.63) is 142 Å². The number of alkyl halides is 12. The van der Waals surface area contributed by atoms with Gasteiger partial charge < -0.3 is 18.9 Å². The van der Waals surface area contributed by atoms with Gasteiger partial charge in [-0.1, -0.05) is 60.7 Å². The molecular formula is C42H40F12N2O4. The molecule has 2 fully saturated rings. The highest BCUT2D eigenvalue weighted by Gasteiger charge is 2.40. The zero-order valence-electron chi connectivity index (χ0n) is 31.7. The molecule has 6 rings (SSSR count). The molecule has 0 aliphatic carbocycles. The summed E-state index contributed by atoms with van der Waals surface area (Å²) in [5, 5.41) is 0. The van der Waals surface area contributed by atoms with Crippen molar-refractivity contribution < 1.29 is 71.6 Å². The van der Waals surface area contributed by atoms with Gasteiger partial charge in [0.2, 0.25) is 0 Å². The van der Waals surface area contributed by atoms with E-state index in [0.717, 1.165) is 11.1 Å². The largest absolute Gasteiger partial charge is 0.416 e. The molecule has 0 radical (unpaired) electrons. The summed E-state index contributed by atoms with van der Waals surface area (Å²) in [6, 6.07) is 19.4. The van der Waals surface area contributed by atoms with Gasteiger partial charge in [-0.3, -0.25) is 9.80 Å². The third kappa shape index (κ3) is 11.8. The number of hydrogen-bond donors (Lipinski definition) is 0. The van der Waals surface area contributed by atoms with Crippen molar-refractivity contribution in [2.24, 2.45) is 0 Å². The van der Waals surface area contributed by atoms with Crippen LogP contribution in [0.4, 0.5) is 52.7 Å². The van der Waals surface area contributed by atoms with Crippen LogP contribution < -0.4 is 0 Å². The van der Waals surface area contributed by atoms with Crippen LogP contribution in [0.5, 0.6) is 0 Å². The highest BCUT2D eigenvalue weighted by molar-refractivity contribution is 5.34. The smallest absolute Gasteiger partial charge is 0.349 e. The van der Waals surface area contributed by atoms with Crippen molar-refractivity contribution in [3.8, 4) is 0 Å². The van der Waals surface area contributed by atoms with Crippen LogP contribution in [0.15, 0.2) is 97.1 Å². The SMILES string of the molecule is FC(F)(F)c1cc(CO[C@H]2OCCN(CCCCN3CCO[C@H](OCc4cc(C(F)(F)F)cc(C(F)(F)F)c4)[C@@H]3c3ccccc3)[C@H]2c2ccccc2)cc(C(F)(F)F)c1. The summed E-state index contributed by atoms with van der Waals surface area (Å²) in [5.74, 6) is 0. The van der Waals surface area contributed by atoms with E-state index in [1.807, 2.05) is 24.3 Å². The molecular weight excluding hydrogens is 824 g/mol. The van der Waals surface area contributed by atoms with Gasteiger partial charge >= 0.3 is 24.7 Å². The number of nitrogens with zero attached hydrogens (tertiary/aromatic N) is 2. The van der Waals surface area contributed by atoms with Crippen LogP contribution >= 0.6 is 0 Å². The number of ether oxygens (including phenoxy) is 4. The van der Waals surface area contributed by atoms with Gasteiger partial charge in [0.15, 0.2) is 12.6 Å². The van der Waals surface area contributed by atoms with E-state index in [2.05, 4.69) is 9.80 Å². The lowest BCUT2D eigenvalue weighted by Gasteiger charge is -2.42. The summed E-state index contributed by atoms with van der Waals surface area (Å²) >= 11 is 0. The first-order valence-corrected chi connectivity index (χ1v) is 18.9. The van der Waals surface area contributed by atoms with Crippen molar-refractivity contribution in [2.75, 3.05) is 39.4 Å². The van der Waals surface area contributed by atoms with Crippen LogP contribution in [0.25, 0.3) is 0 Å². The van der Waals surface area contributed by atoms with Gasteiger partial charge in [-0.15, -0.1) is 0 Å². The Balaban J connectivity index is 1.13. The molecule has 0 N–H and O–H groups in total. The number of morpholine rings is 2. The van der Waals surface area contributed by atoms with Crippen molar-refractivity contribution in [2.45, 2.75) is 75.4 Å². The maximum atomic E-state index is 13.5. The normalized spacial score (nSPS) is 21.3. The maximum Gasteiger partial charge on any atom is 0.416 e. The molecule has 0 bridgehead atoms. The fourth-order valence-corrected chi connectivity index (χ4v) is 7.39. The first-order chi connectivity index (χ1) is 28.3. The fraction of sp³-hybridized carbons (Fsp3) is 0.429. The monoisotopic (exact) mass is 864 g/mol. The minimum atomic E-state index is -5.02. The lowest BCUT2D eigenvalue weighted by atomic mass is 10.0. The quantitative estimate of drug-likeness (QED) is 0.0985. The Labute approximate surface area is 337 Å². The molecule has 0 amide bonds. The third-order valence-corrected chi connectivity index (χ3v) is 10.2. The molecule has 6 nitrogen and oxygen atoms in total. The molecule has 2 aliphatic rings. The van der Waals surface area contributed by atoms with Crippen LogP contribution in [0.2, 0.25) is 0 Å². The molecule has 2 saturated heterocycles. The Hall–Kier alpha value is -4.20. The van der Waals surface area contributed by atoms with E-state index in [4.69, 9.17) is 18.9 Å². The molecule has 0 saturated carbocycles. The van der Waals surface area contributed by atoms with Crippen molar-refractivity contribution >= 4 is 0 Å². The second kappa shape index (κ2) is 18.8. The lowest BCUT2D eigenvalue weighted by Crippen LogP contribution is -2.47. The number of halogens is 12. The van der Waals surface area contributed by atoms with Crippen LogP contribution in [-0.2, 0) is 56.9 Å². The Morgan fingerprint density at radius 3 is 1.08 bits per heavy atom. The standard InChI is InChI=1S/C42H40F12N2O4/c43-39(44,45)31-19-27(20-32(23-31)40(46,47)48)25-59-37-35(29-9-3-1-4-10-29)55(15-17-57-37)13-7-8-14-56-16-18-58-38(36(56)30-11-5-2-6-12-30)60-26-28-21-33(41(49,50)51)24-34(22-28)42(52,53)54/h1-6,9-12,19-24,35-38H,7-8,13-18,25-26H2/t35-,36-,37+,38+/m0/s1. The molecule has 326 valence electrons. The highest BCUT2D eigenvalue weighted by Crippen LogP contribution is 2.39. The molecule has 2 aliphatic heterocycles. The molecule has 60 heavy (non-hydrogen) atoms. The molecule has 4 atom stereocenters. The second-order valence-corrected chi connectivity index (χ2v) is 14.4. The fourth-order valence-electron chi connectivity index (χ4n) is 7.39. The molecule has 0 aromatic heterocycles. The topological polar surface area (TPSA) is 43.4 Å². The van der Waals surface area contributed by atoms with Gasteiger partial charge in [0.05, 0.1) is 60.8 Å². The van der Waals surface area contributed by atoms with Gasteiger partial charge in [-0.25, -0.2) is 0 Å². The summed E-state index contributed by atoms with van der Waals surface area (Å²) in [5.41, 5.74) is -4.97. The molecule has 2 heterocycles. The van der Waals surface area contributed by atoms with E-state index in [1.54, 1.807) is 36.4 Å². The van der Waals surface area contributed by atoms with E-state index in [0.29, 0.717) is 63.3 Å². The Kier molecular flexibility index (Phi) is 14.2. The highest BCUT2D eigenvalue weighted by atomic mass is 19.4. The predicted molar refractivity (Wildman–Crippen MR) is 193 cm³/mol. The molecule has 18 heteroatoms. The second-order valence-electron chi connectivity index (χ2n) is 14.4. The first kappa shape index (κ1) is 45.3. The van der Waals surface area contributed by atoms with E-state index in [1.165, 1.54) is 0 Å². The Morgan fingerprint density at radius 2 is 0.783 bits per heavy atom.